The lowest BCUT2D eigenvalue weighted by molar-refractivity contribution is -0.151. The fourth-order valence-electron chi connectivity index (χ4n) is 3.32. The molecule has 7 heteroatoms. The van der Waals surface area contributed by atoms with E-state index in [9.17, 15) is 9.90 Å². The Morgan fingerprint density at radius 2 is 1.96 bits per heavy atom. The fourth-order valence-corrected chi connectivity index (χ4v) is 3.32. The molecule has 2 aromatic heterocycles. The molecule has 25 heavy (non-hydrogen) atoms. The summed E-state index contributed by atoms with van der Waals surface area (Å²) in [6.45, 7) is 5.90. The molecule has 1 aliphatic rings. The third-order valence-electron chi connectivity index (χ3n) is 4.97. The summed E-state index contributed by atoms with van der Waals surface area (Å²) < 4.78 is 7.16. The summed E-state index contributed by atoms with van der Waals surface area (Å²) in [5, 5.41) is 23.5. The number of aliphatic hydroxyl groups is 1. The Kier molecular flexibility index (Phi) is 4.96. The average Bonchev–Trinajstić information content (AvgIpc) is 3.25. The zero-order valence-electron chi connectivity index (χ0n) is 14.7. The lowest BCUT2D eigenvalue weighted by atomic mass is 9.87. The van der Waals surface area contributed by atoms with Gasteiger partial charge < -0.3 is 14.6 Å². The van der Waals surface area contributed by atoms with E-state index in [4.69, 9.17) is 9.52 Å². The van der Waals surface area contributed by atoms with E-state index in [-0.39, 0.29) is 12.5 Å². The van der Waals surface area contributed by atoms with Crippen molar-refractivity contribution in [1.29, 1.82) is 0 Å². The van der Waals surface area contributed by atoms with Crippen LogP contribution in [0.2, 0.25) is 0 Å². The van der Waals surface area contributed by atoms with E-state index in [0.717, 1.165) is 11.5 Å². The highest BCUT2D eigenvalue weighted by molar-refractivity contribution is 5.76. The molecule has 136 valence electrons. The van der Waals surface area contributed by atoms with Gasteiger partial charge in [0.1, 0.15) is 18.1 Å². The summed E-state index contributed by atoms with van der Waals surface area (Å²) in [7, 11) is 0. The van der Waals surface area contributed by atoms with Crippen molar-refractivity contribution in [3.63, 3.8) is 0 Å². The zero-order chi connectivity index (χ0) is 18.0. The molecule has 0 aromatic carbocycles. The first-order valence-corrected chi connectivity index (χ1v) is 8.65. The van der Waals surface area contributed by atoms with Crippen LogP contribution >= 0.6 is 0 Å². The fraction of sp³-hybridized carbons (Fsp3) is 0.556. The molecule has 0 aliphatic carbocycles. The predicted octanol–water partition coefficient (Wildman–Crippen LogP) is 2.17. The summed E-state index contributed by atoms with van der Waals surface area (Å²) in [4.78, 5) is 14.2. The van der Waals surface area contributed by atoms with Crippen molar-refractivity contribution in [2.24, 2.45) is 0 Å². The first kappa shape index (κ1) is 17.7. The maximum absolute atomic E-state index is 12.0. The lowest BCUT2D eigenvalue weighted by Crippen LogP contribution is -2.51. The monoisotopic (exact) mass is 347 g/mol. The molecule has 0 saturated carbocycles. The Morgan fingerprint density at radius 3 is 2.48 bits per heavy atom. The second-order valence-corrected chi connectivity index (χ2v) is 6.98. The number of nitrogens with zero attached hydrogens (tertiary/aromatic N) is 3. The second kappa shape index (κ2) is 7.01. The zero-order valence-corrected chi connectivity index (χ0v) is 14.7. The van der Waals surface area contributed by atoms with Crippen molar-refractivity contribution in [2.75, 3.05) is 13.1 Å². The van der Waals surface area contributed by atoms with E-state index in [1.165, 1.54) is 0 Å². The van der Waals surface area contributed by atoms with Crippen LogP contribution < -0.4 is 0 Å². The summed E-state index contributed by atoms with van der Waals surface area (Å²) >= 11 is 0. The van der Waals surface area contributed by atoms with Crippen LogP contribution in [-0.4, -0.2) is 44.0 Å². The van der Waals surface area contributed by atoms with E-state index in [1.807, 2.05) is 26.0 Å². The Bertz CT molecular complexity index is 726. The molecule has 7 nitrogen and oxygen atoms in total. The van der Waals surface area contributed by atoms with Gasteiger partial charge in [-0.1, -0.05) is 13.8 Å². The minimum absolute atomic E-state index is 0.111. The quantitative estimate of drug-likeness (QED) is 0.832. The Balaban J connectivity index is 1.70. The number of aliphatic carboxylic acids is 1. The van der Waals surface area contributed by atoms with E-state index in [1.54, 1.807) is 16.9 Å². The van der Waals surface area contributed by atoms with Gasteiger partial charge in [-0.3, -0.25) is 9.58 Å². The number of aromatic nitrogens is 2. The smallest absolute Gasteiger partial charge is 0.331 e. The van der Waals surface area contributed by atoms with Gasteiger partial charge in [-0.2, -0.15) is 5.10 Å². The van der Waals surface area contributed by atoms with Crippen LogP contribution in [0.1, 0.15) is 49.8 Å². The van der Waals surface area contributed by atoms with Gasteiger partial charge >= 0.3 is 5.97 Å². The average molecular weight is 347 g/mol. The van der Waals surface area contributed by atoms with Crippen LogP contribution in [0.15, 0.2) is 28.8 Å². The number of rotatable bonds is 6. The van der Waals surface area contributed by atoms with Crippen molar-refractivity contribution in [2.45, 2.75) is 51.3 Å². The minimum atomic E-state index is -0.983. The van der Waals surface area contributed by atoms with Gasteiger partial charge in [0.15, 0.2) is 5.54 Å². The Hall–Kier alpha value is -2.12. The van der Waals surface area contributed by atoms with Crippen molar-refractivity contribution in [3.8, 4) is 0 Å². The largest absolute Gasteiger partial charge is 0.479 e. The number of piperidine rings is 1. The highest BCUT2D eigenvalue weighted by atomic mass is 16.4. The topological polar surface area (TPSA) is 91.7 Å². The molecule has 1 aliphatic heterocycles. The predicted molar refractivity (Wildman–Crippen MR) is 91.1 cm³/mol. The van der Waals surface area contributed by atoms with Crippen LogP contribution in [0.5, 0.6) is 0 Å². The second-order valence-electron chi connectivity index (χ2n) is 6.98. The van der Waals surface area contributed by atoms with Crippen LogP contribution in [-0.2, 0) is 23.5 Å². The Morgan fingerprint density at radius 1 is 1.28 bits per heavy atom. The molecular formula is C18H25N3O4. The van der Waals surface area contributed by atoms with E-state index in [2.05, 4.69) is 10.00 Å². The number of likely N-dealkylation sites (tertiary alicyclic amines) is 1. The van der Waals surface area contributed by atoms with Gasteiger partial charge in [-0.05, 0) is 37.0 Å². The molecule has 0 bridgehead atoms. The normalized spacial score (nSPS) is 17.9. The highest BCUT2D eigenvalue weighted by Gasteiger charge is 2.44. The van der Waals surface area contributed by atoms with Crippen molar-refractivity contribution in [1.82, 2.24) is 14.7 Å². The minimum Gasteiger partial charge on any atom is -0.479 e. The molecule has 3 heterocycles. The van der Waals surface area contributed by atoms with Gasteiger partial charge in [-0.15, -0.1) is 0 Å². The molecule has 2 aromatic rings. The molecular weight excluding hydrogens is 322 g/mol. The summed E-state index contributed by atoms with van der Waals surface area (Å²) in [6, 6.07) is 5.52. The number of carbonyl (C=O) groups is 1. The van der Waals surface area contributed by atoms with Gasteiger partial charge in [-0.25, -0.2) is 4.79 Å². The summed E-state index contributed by atoms with van der Waals surface area (Å²) in [5.41, 5.74) is -0.0709. The first-order valence-electron chi connectivity index (χ1n) is 8.65. The maximum atomic E-state index is 12.0. The Labute approximate surface area is 146 Å². The third kappa shape index (κ3) is 3.48. The molecule has 0 radical (unpaired) electrons. The van der Waals surface area contributed by atoms with Gasteiger partial charge in [0.05, 0.1) is 12.2 Å². The van der Waals surface area contributed by atoms with Crippen LogP contribution in [0.25, 0.3) is 0 Å². The van der Waals surface area contributed by atoms with Gasteiger partial charge in [0, 0.05) is 19.3 Å². The van der Waals surface area contributed by atoms with Gasteiger partial charge in [0.25, 0.3) is 0 Å². The molecule has 0 unspecified atom stereocenters. The molecule has 3 rings (SSSR count). The molecule has 2 N–H and O–H groups in total. The molecule has 0 amide bonds. The summed E-state index contributed by atoms with van der Waals surface area (Å²) in [5.74, 6) is 0.774. The van der Waals surface area contributed by atoms with Crippen molar-refractivity contribution >= 4 is 5.97 Å². The summed E-state index contributed by atoms with van der Waals surface area (Å²) in [6.07, 6.45) is 2.78. The number of hydrogen-bond donors (Lipinski definition) is 2. The van der Waals surface area contributed by atoms with Crippen LogP contribution in [0.3, 0.4) is 0 Å². The number of carboxylic acids is 1. The molecule has 0 atom stereocenters. The number of furan rings is 1. The SMILES string of the molecule is CC(C)c1ccn(C2(C(=O)O)CCN(Cc3ccc(CO)o3)CC2)n1. The first-order chi connectivity index (χ1) is 11.9. The molecule has 1 fully saturated rings. The molecule has 0 spiro atoms. The highest BCUT2D eigenvalue weighted by Crippen LogP contribution is 2.31. The number of hydrogen-bond acceptors (Lipinski definition) is 5. The van der Waals surface area contributed by atoms with Gasteiger partial charge in [0.2, 0.25) is 0 Å². The van der Waals surface area contributed by atoms with E-state index >= 15 is 0 Å². The number of aliphatic hydroxyl groups excluding tert-OH is 1. The standard InChI is InChI=1S/C18H25N3O4/c1-13(2)16-5-8-21(19-16)18(17(23)24)6-9-20(10-7-18)11-14-3-4-15(12-22)25-14/h3-5,8,13,22H,6-7,9-12H2,1-2H3,(H,23,24). The van der Waals surface area contributed by atoms with E-state index < -0.39 is 11.5 Å². The van der Waals surface area contributed by atoms with E-state index in [0.29, 0.717) is 38.2 Å². The van der Waals surface area contributed by atoms with Crippen molar-refractivity contribution in [3.05, 3.63) is 41.6 Å². The maximum Gasteiger partial charge on any atom is 0.331 e. The lowest BCUT2D eigenvalue weighted by Gasteiger charge is -2.38. The third-order valence-corrected chi connectivity index (χ3v) is 4.97. The molecule has 1 saturated heterocycles. The van der Waals surface area contributed by atoms with Crippen molar-refractivity contribution < 1.29 is 19.4 Å². The van der Waals surface area contributed by atoms with Crippen LogP contribution in [0, 0.1) is 0 Å². The number of carboxylic acid groups (broad SMARTS) is 1. The van der Waals surface area contributed by atoms with Crippen LogP contribution in [0.4, 0.5) is 0 Å².